The average Bonchev–Trinajstić information content (AvgIpc) is 2.84. The molecule has 0 saturated carbocycles. The third kappa shape index (κ3) is 3.42. The van der Waals surface area contributed by atoms with E-state index in [-0.39, 0.29) is 0 Å². The Morgan fingerprint density at radius 1 is 1.14 bits per heavy atom. The summed E-state index contributed by atoms with van der Waals surface area (Å²) in [6.45, 7) is 5.58. The zero-order chi connectivity index (χ0) is 14.7. The molecular weight excluding hydrogens is 282 g/mol. The van der Waals surface area contributed by atoms with Crippen molar-refractivity contribution in [2.45, 2.75) is 32.4 Å². The molecule has 1 N–H and O–H groups in total. The van der Waals surface area contributed by atoms with Crippen molar-refractivity contribution >= 4 is 22.5 Å². The first kappa shape index (κ1) is 14.9. The fourth-order valence-corrected chi connectivity index (χ4v) is 3.46. The monoisotopic (exact) mass is 305 g/mol. The summed E-state index contributed by atoms with van der Waals surface area (Å²) >= 11 is 6.19. The summed E-state index contributed by atoms with van der Waals surface area (Å²) in [7, 11) is 1.99. The number of rotatable bonds is 5. The van der Waals surface area contributed by atoms with Crippen LogP contribution in [0.25, 0.3) is 10.9 Å². The number of piperidine rings is 1. The molecule has 0 bridgehead atoms. The van der Waals surface area contributed by atoms with Crippen LogP contribution in [0.2, 0.25) is 5.02 Å². The summed E-state index contributed by atoms with van der Waals surface area (Å²) in [5, 5.41) is 5.38. The van der Waals surface area contributed by atoms with E-state index in [0.717, 1.165) is 24.7 Å². The third-order valence-electron chi connectivity index (χ3n) is 4.40. The lowest BCUT2D eigenvalue weighted by atomic mass is 10.1. The van der Waals surface area contributed by atoms with Crippen LogP contribution in [0.1, 0.15) is 24.8 Å². The molecular formula is C17H24ClN3. The predicted molar refractivity (Wildman–Crippen MR) is 90.0 cm³/mol. The summed E-state index contributed by atoms with van der Waals surface area (Å²) in [6, 6.07) is 6.21. The zero-order valence-electron chi connectivity index (χ0n) is 12.7. The van der Waals surface area contributed by atoms with Crippen LogP contribution in [-0.2, 0) is 13.1 Å². The van der Waals surface area contributed by atoms with Gasteiger partial charge in [-0.3, -0.25) is 0 Å². The molecule has 114 valence electrons. The molecule has 0 amide bonds. The van der Waals surface area contributed by atoms with Crippen molar-refractivity contribution in [3.63, 3.8) is 0 Å². The maximum Gasteiger partial charge on any atom is 0.0499 e. The number of likely N-dealkylation sites (tertiary alicyclic amines) is 1. The average molecular weight is 306 g/mol. The van der Waals surface area contributed by atoms with Crippen molar-refractivity contribution in [1.82, 2.24) is 14.8 Å². The Morgan fingerprint density at radius 2 is 1.95 bits per heavy atom. The molecule has 3 rings (SSSR count). The quantitative estimate of drug-likeness (QED) is 0.912. The van der Waals surface area contributed by atoms with Gasteiger partial charge in [0, 0.05) is 41.8 Å². The van der Waals surface area contributed by atoms with Gasteiger partial charge in [0.1, 0.15) is 0 Å². The van der Waals surface area contributed by atoms with Crippen LogP contribution in [0, 0.1) is 0 Å². The smallest absolute Gasteiger partial charge is 0.0499 e. The first-order valence-corrected chi connectivity index (χ1v) is 8.30. The lowest BCUT2D eigenvalue weighted by Gasteiger charge is -2.26. The van der Waals surface area contributed by atoms with Crippen LogP contribution in [0.4, 0.5) is 0 Å². The standard InChI is InChI=1S/C17H24ClN3/c1-19-12-14-13-21(10-9-20-7-3-2-4-8-20)17-11-15(18)5-6-16(14)17/h5-6,11,13,19H,2-4,7-10,12H2,1H3. The van der Waals surface area contributed by atoms with Crippen molar-refractivity contribution in [1.29, 1.82) is 0 Å². The van der Waals surface area contributed by atoms with Gasteiger partial charge in [0.2, 0.25) is 0 Å². The molecule has 0 aliphatic carbocycles. The highest BCUT2D eigenvalue weighted by Crippen LogP contribution is 2.25. The minimum atomic E-state index is 0.816. The Kier molecular flexibility index (Phi) is 4.84. The normalized spacial score (nSPS) is 16.7. The van der Waals surface area contributed by atoms with E-state index in [1.165, 1.54) is 48.8 Å². The summed E-state index contributed by atoms with van der Waals surface area (Å²) in [4.78, 5) is 2.58. The number of nitrogens with zero attached hydrogens (tertiary/aromatic N) is 2. The highest BCUT2D eigenvalue weighted by molar-refractivity contribution is 6.31. The molecule has 0 spiro atoms. The molecule has 0 atom stereocenters. The van der Waals surface area contributed by atoms with E-state index in [2.05, 4.69) is 33.1 Å². The van der Waals surface area contributed by atoms with E-state index in [1.807, 2.05) is 13.1 Å². The highest BCUT2D eigenvalue weighted by Gasteiger charge is 2.12. The van der Waals surface area contributed by atoms with Gasteiger partial charge in [-0.15, -0.1) is 0 Å². The van der Waals surface area contributed by atoms with Crippen LogP contribution in [-0.4, -0.2) is 36.1 Å². The zero-order valence-corrected chi connectivity index (χ0v) is 13.5. The number of fused-ring (bicyclic) bond motifs is 1. The van der Waals surface area contributed by atoms with Gasteiger partial charge in [-0.2, -0.15) is 0 Å². The lowest BCUT2D eigenvalue weighted by molar-refractivity contribution is 0.221. The highest BCUT2D eigenvalue weighted by atomic mass is 35.5. The molecule has 1 aromatic carbocycles. The number of nitrogens with one attached hydrogen (secondary N) is 1. The van der Waals surface area contributed by atoms with Crippen molar-refractivity contribution in [2.75, 3.05) is 26.7 Å². The topological polar surface area (TPSA) is 20.2 Å². The molecule has 0 radical (unpaired) electrons. The van der Waals surface area contributed by atoms with Gasteiger partial charge in [-0.05, 0) is 50.7 Å². The van der Waals surface area contributed by atoms with Gasteiger partial charge < -0.3 is 14.8 Å². The fourth-order valence-electron chi connectivity index (χ4n) is 3.29. The lowest BCUT2D eigenvalue weighted by Crippen LogP contribution is -2.32. The molecule has 3 nitrogen and oxygen atoms in total. The molecule has 1 fully saturated rings. The Morgan fingerprint density at radius 3 is 2.71 bits per heavy atom. The minimum Gasteiger partial charge on any atom is -0.346 e. The van der Waals surface area contributed by atoms with E-state index in [9.17, 15) is 0 Å². The Bertz CT molecular complexity index is 599. The molecule has 0 unspecified atom stereocenters. The molecule has 1 aliphatic heterocycles. The second-order valence-corrected chi connectivity index (χ2v) is 6.38. The number of halogens is 1. The van der Waals surface area contributed by atoms with Crippen LogP contribution < -0.4 is 5.32 Å². The van der Waals surface area contributed by atoms with Gasteiger partial charge >= 0.3 is 0 Å². The van der Waals surface area contributed by atoms with E-state index < -0.39 is 0 Å². The van der Waals surface area contributed by atoms with Gasteiger partial charge in [0.25, 0.3) is 0 Å². The van der Waals surface area contributed by atoms with E-state index >= 15 is 0 Å². The number of hydrogen-bond acceptors (Lipinski definition) is 2. The van der Waals surface area contributed by atoms with Crippen molar-refractivity contribution < 1.29 is 0 Å². The summed E-state index contributed by atoms with van der Waals surface area (Å²) in [6.07, 6.45) is 6.37. The van der Waals surface area contributed by atoms with E-state index in [0.29, 0.717) is 0 Å². The summed E-state index contributed by atoms with van der Waals surface area (Å²) < 4.78 is 2.36. The summed E-state index contributed by atoms with van der Waals surface area (Å²) in [5.41, 5.74) is 2.60. The van der Waals surface area contributed by atoms with Crippen LogP contribution in [0.5, 0.6) is 0 Å². The predicted octanol–water partition coefficient (Wildman–Crippen LogP) is 3.50. The minimum absolute atomic E-state index is 0.816. The molecule has 2 heterocycles. The Hall–Kier alpha value is -1.03. The second-order valence-electron chi connectivity index (χ2n) is 5.94. The van der Waals surface area contributed by atoms with Gasteiger partial charge in [0.05, 0.1) is 0 Å². The van der Waals surface area contributed by atoms with Crippen molar-refractivity contribution in [3.05, 3.63) is 35.0 Å². The largest absolute Gasteiger partial charge is 0.346 e. The van der Waals surface area contributed by atoms with Crippen LogP contribution >= 0.6 is 11.6 Å². The molecule has 2 aromatic rings. The third-order valence-corrected chi connectivity index (χ3v) is 4.63. The molecule has 4 heteroatoms. The first-order chi connectivity index (χ1) is 10.3. The second kappa shape index (κ2) is 6.82. The van der Waals surface area contributed by atoms with Crippen molar-refractivity contribution in [2.24, 2.45) is 0 Å². The maximum atomic E-state index is 6.19. The van der Waals surface area contributed by atoms with Gasteiger partial charge in [-0.1, -0.05) is 24.1 Å². The van der Waals surface area contributed by atoms with Gasteiger partial charge in [0.15, 0.2) is 0 Å². The summed E-state index contributed by atoms with van der Waals surface area (Å²) in [5.74, 6) is 0. The van der Waals surface area contributed by atoms with Gasteiger partial charge in [-0.25, -0.2) is 0 Å². The Labute approximate surface area is 131 Å². The molecule has 1 saturated heterocycles. The number of aromatic nitrogens is 1. The van der Waals surface area contributed by atoms with Crippen molar-refractivity contribution in [3.8, 4) is 0 Å². The first-order valence-electron chi connectivity index (χ1n) is 7.92. The number of hydrogen-bond donors (Lipinski definition) is 1. The van der Waals surface area contributed by atoms with Crippen LogP contribution in [0.3, 0.4) is 0 Å². The Balaban J connectivity index is 1.81. The molecule has 21 heavy (non-hydrogen) atoms. The maximum absolute atomic E-state index is 6.19. The van der Waals surface area contributed by atoms with Crippen LogP contribution in [0.15, 0.2) is 24.4 Å². The van der Waals surface area contributed by atoms with E-state index in [4.69, 9.17) is 11.6 Å². The number of benzene rings is 1. The van der Waals surface area contributed by atoms with E-state index in [1.54, 1.807) is 0 Å². The fraction of sp³-hybridized carbons (Fsp3) is 0.529. The molecule has 1 aliphatic rings. The molecule has 1 aromatic heterocycles. The SMILES string of the molecule is CNCc1cn(CCN2CCCCC2)c2cc(Cl)ccc12.